The van der Waals surface area contributed by atoms with Crippen LogP contribution in [0.3, 0.4) is 0 Å². The quantitative estimate of drug-likeness (QED) is 0.369. The van der Waals surface area contributed by atoms with Gasteiger partial charge < -0.3 is 0 Å². The molecule has 0 heterocycles. The van der Waals surface area contributed by atoms with Crippen LogP contribution < -0.4 is 0 Å². The van der Waals surface area contributed by atoms with Crippen molar-refractivity contribution in [3.05, 3.63) is 0 Å². The second kappa shape index (κ2) is 11.2. The Labute approximate surface area is 39.7 Å². The maximum atomic E-state index is 5.62. The van der Waals surface area contributed by atoms with Gasteiger partial charge in [-0.1, -0.05) is 0 Å². The van der Waals surface area contributed by atoms with Gasteiger partial charge in [-0.2, -0.15) is 0 Å². The minimum atomic E-state index is 0. The minimum absolute atomic E-state index is 0. The molecule has 27 valence electrons. The van der Waals surface area contributed by atoms with E-state index in [4.69, 9.17) is 10.8 Å². The van der Waals surface area contributed by atoms with Crippen molar-refractivity contribution in [3.8, 4) is 0 Å². The third kappa shape index (κ3) is 184. The molecule has 0 rings (SSSR count). The maximum absolute atomic E-state index is 5.62. The standard InChI is InChI=1S/CH2N2.Ag/c2-1-3;/h2-3H;. The summed E-state index contributed by atoms with van der Waals surface area (Å²) < 4.78 is 0. The molecule has 0 aromatic heterocycles. The molecule has 4 heavy (non-hydrogen) atoms. The second-order valence-corrected chi connectivity index (χ2v) is 0.125. The normalized spacial score (nSPS) is 2.00. The molecule has 0 saturated heterocycles. The van der Waals surface area contributed by atoms with Crippen LogP contribution in [0.1, 0.15) is 0 Å². The van der Waals surface area contributed by atoms with Crippen molar-refractivity contribution in [2.24, 2.45) is 0 Å². The van der Waals surface area contributed by atoms with Gasteiger partial charge in [-0.15, -0.1) is 0 Å². The van der Waals surface area contributed by atoms with Crippen LogP contribution in [0.25, 0.3) is 0 Å². The first-order valence-corrected chi connectivity index (χ1v) is 0.500. The molecule has 3 heteroatoms. The van der Waals surface area contributed by atoms with Gasteiger partial charge in [0.2, 0.25) is 0 Å². The smallest absolute Gasteiger partial charge is 0.0831 e. The summed E-state index contributed by atoms with van der Waals surface area (Å²) in [7, 11) is 0. The van der Waals surface area contributed by atoms with Gasteiger partial charge in [0, 0.05) is 22.4 Å². The Hall–Kier alpha value is 0.120. The van der Waals surface area contributed by atoms with Crippen LogP contribution in [0.2, 0.25) is 0 Å². The van der Waals surface area contributed by atoms with Crippen molar-refractivity contribution in [2.75, 3.05) is 0 Å². The minimum Gasteiger partial charge on any atom is -0.242 e. The van der Waals surface area contributed by atoms with Gasteiger partial charge in [-0.05, 0) is 0 Å². The van der Waals surface area contributed by atoms with Crippen LogP contribution in [0.15, 0.2) is 0 Å². The first-order chi connectivity index (χ1) is 1.41. The number of hydrogen-bond acceptors (Lipinski definition) is 2. The number of hydrogen-bond donors (Lipinski definition) is 2. The van der Waals surface area contributed by atoms with E-state index >= 15 is 0 Å². The molecule has 0 unspecified atom stereocenters. The number of rotatable bonds is 0. The molecule has 0 saturated carbocycles. The van der Waals surface area contributed by atoms with Crippen molar-refractivity contribution < 1.29 is 22.4 Å². The Morgan fingerprint density at radius 1 is 1.25 bits per heavy atom. The summed E-state index contributed by atoms with van der Waals surface area (Å²) in [6, 6.07) is 1.25. The molecule has 0 atom stereocenters. The largest absolute Gasteiger partial charge is 0.242 e. The zero-order valence-electron chi connectivity index (χ0n) is 1.80. The molecule has 2 N–H and O–H groups in total. The summed E-state index contributed by atoms with van der Waals surface area (Å²) in [6.07, 6.45) is 0. The van der Waals surface area contributed by atoms with Crippen LogP contribution in [0.4, 0.5) is 0 Å². The second-order valence-electron chi connectivity index (χ2n) is 0.125. The van der Waals surface area contributed by atoms with Crippen LogP contribution in [0.5, 0.6) is 0 Å². The van der Waals surface area contributed by atoms with Crippen molar-refractivity contribution >= 4 is 6.01 Å². The fraction of sp³-hybridized carbons (Fsp3) is 0. The van der Waals surface area contributed by atoms with E-state index in [1.807, 2.05) is 0 Å². The van der Waals surface area contributed by atoms with Gasteiger partial charge in [0.25, 0.3) is 0 Å². The Balaban J connectivity index is 0. The van der Waals surface area contributed by atoms with Gasteiger partial charge >= 0.3 is 0 Å². The molecular weight excluding hydrogens is 148 g/mol. The van der Waals surface area contributed by atoms with Gasteiger partial charge in [0.15, 0.2) is 0 Å². The monoisotopic (exact) mass is 149 g/mol. The first-order valence-electron chi connectivity index (χ1n) is 0.500. The molecule has 0 spiro atoms. The molecule has 0 fully saturated rings. The first kappa shape index (κ1) is 8.92. The average molecular weight is 150 g/mol. The molecule has 0 bridgehead atoms. The zero-order chi connectivity index (χ0) is 2.71. The van der Waals surface area contributed by atoms with E-state index in [1.165, 1.54) is 6.01 Å². The van der Waals surface area contributed by atoms with Crippen LogP contribution in [0, 0.1) is 10.8 Å². The van der Waals surface area contributed by atoms with Crippen LogP contribution >= 0.6 is 0 Å². The average Bonchev–Trinajstić information content (AvgIpc) is 0.918. The van der Waals surface area contributed by atoms with E-state index in [0.29, 0.717) is 0 Å². The van der Waals surface area contributed by atoms with E-state index in [9.17, 15) is 0 Å². The van der Waals surface area contributed by atoms with Gasteiger partial charge in [-0.25, -0.2) is 10.8 Å². The van der Waals surface area contributed by atoms with Crippen LogP contribution in [-0.4, -0.2) is 6.01 Å². The van der Waals surface area contributed by atoms with E-state index < -0.39 is 0 Å². The van der Waals surface area contributed by atoms with Gasteiger partial charge in [0.05, 0.1) is 6.01 Å². The molecule has 1 radical (unpaired) electrons. The fourth-order valence-corrected chi connectivity index (χ4v) is 0. The third-order valence-corrected chi connectivity index (χ3v) is 0. The zero-order valence-corrected chi connectivity index (χ0v) is 3.28. The fourth-order valence-electron chi connectivity index (χ4n) is 0. The Bertz CT molecular complexity index is 27.0. The van der Waals surface area contributed by atoms with E-state index in [0.717, 1.165) is 0 Å². The molecule has 0 aliphatic heterocycles. The van der Waals surface area contributed by atoms with Gasteiger partial charge in [-0.3, -0.25) is 0 Å². The van der Waals surface area contributed by atoms with E-state index in [-0.39, 0.29) is 22.4 Å². The van der Waals surface area contributed by atoms with Crippen molar-refractivity contribution in [2.45, 2.75) is 0 Å². The van der Waals surface area contributed by atoms with Crippen LogP contribution in [-0.2, 0) is 22.4 Å². The maximum Gasteiger partial charge on any atom is 0.0831 e. The summed E-state index contributed by atoms with van der Waals surface area (Å²) in [5.74, 6) is 0. The SMILES string of the molecule is N=C=N.[Ag]. The summed E-state index contributed by atoms with van der Waals surface area (Å²) in [5.41, 5.74) is 0. The van der Waals surface area contributed by atoms with Crippen molar-refractivity contribution in [1.29, 1.82) is 10.8 Å². The summed E-state index contributed by atoms with van der Waals surface area (Å²) in [5, 5.41) is 11.2. The van der Waals surface area contributed by atoms with E-state index in [2.05, 4.69) is 0 Å². The molecule has 0 amide bonds. The predicted octanol–water partition coefficient (Wildman–Crippen LogP) is 0.315. The molecular formula is CH2AgN2. The summed E-state index contributed by atoms with van der Waals surface area (Å²) in [6.45, 7) is 0. The Morgan fingerprint density at radius 2 is 1.25 bits per heavy atom. The van der Waals surface area contributed by atoms with E-state index in [1.54, 1.807) is 0 Å². The van der Waals surface area contributed by atoms with Crippen molar-refractivity contribution in [3.63, 3.8) is 0 Å². The van der Waals surface area contributed by atoms with Crippen molar-refractivity contribution in [1.82, 2.24) is 0 Å². The Morgan fingerprint density at radius 3 is 1.25 bits per heavy atom. The molecule has 0 aliphatic rings. The predicted molar refractivity (Wildman–Crippen MR) is 10.4 cm³/mol. The summed E-state index contributed by atoms with van der Waals surface area (Å²) >= 11 is 0. The molecule has 0 aliphatic carbocycles. The number of nitrogens with one attached hydrogen (secondary N) is 2. The molecule has 0 aromatic rings. The van der Waals surface area contributed by atoms with Gasteiger partial charge in [0.1, 0.15) is 0 Å². The topological polar surface area (TPSA) is 47.7 Å². The summed E-state index contributed by atoms with van der Waals surface area (Å²) in [4.78, 5) is 0. The molecule has 2 nitrogen and oxygen atoms in total. The molecule has 0 aromatic carbocycles. The Kier molecular flexibility index (Phi) is 24.9. The third-order valence-electron chi connectivity index (χ3n) is 0.